The first-order chi connectivity index (χ1) is 18.5. The first kappa shape index (κ1) is 33.8. The Hall–Kier alpha value is -3.19. The van der Waals surface area contributed by atoms with Crippen LogP contribution in [0.25, 0.3) is 0 Å². The number of esters is 1. The quantitative estimate of drug-likeness (QED) is 0.162. The molecule has 0 spiro atoms. The van der Waals surface area contributed by atoms with Crippen molar-refractivity contribution in [3.05, 3.63) is 58.9 Å². The van der Waals surface area contributed by atoms with Gasteiger partial charge in [-0.2, -0.15) is 0 Å². The standard InChI is InChI=1S/C25H33FN4O6S.C2H6/c1-4-9-34-10-11-35-16-25(31)36-15-23(27)30-24(13-19-12-17(2)5-6-18(19)3)29-22-8-7-20(14-21(22)26)37(28,32)33;1-2/h5-8,12,14H,4,9-11,13,15-16H2,1-3H3,(H2,27,29,30)(H2,28,32,33);1-2H3. The van der Waals surface area contributed by atoms with E-state index in [-0.39, 0.29) is 48.5 Å². The molecule has 10 nitrogen and oxygen atoms in total. The van der Waals surface area contributed by atoms with Gasteiger partial charge in [-0.15, -0.1) is 0 Å². The maximum Gasteiger partial charge on any atom is 0.332 e. The van der Waals surface area contributed by atoms with E-state index in [1.165, 1.54) is 6.07 Å². The molecule has 4 N–H and O–H groups in total. The number of benzene rings is 2. The molecule has 2 rings (SSSR count). The number of carbonyl (C=O) groups is 1. The van der Waals surface area contributed by atoms with Crippen LogP contribution in [-0.4, -0.2) is 59.1 Å². The molecule has 0 aliphatic rings. The monoisotopic (exact) mass is 566 g/mol. The summed E-state index contributed by atoms with van der Waals surface area (Å²) in [5.41, 5.74) is 8.67. The Labute approximate surface area is 230 Å². The van der Waals surface area contributed by atoms with Crippen molar-refractivity contribution < 1.29 is 31.8 Å². The highest BCUT2D eigenvalue weighted by Crippen LogP contribution is 2.22. The maximum atomic E-state index is 14.6. The molecule has 0 fully saturated rings. The summed E-state index contributed by atoms with van der Waals surface area (Å²) in [6.45, 7) is 10.5. The second kappa shape index (κ2) is 17.4. The van der Waals surface area contributed by atoms with Crippen LogP contribution in [0.4, 0.5) is 10.1 Å². The van der Waals surface area contributed by atoms with Crippen LogP contribution in [-0.2, 0) is 35.4 Å². The minimum absolute atomic E-state index is 0.0646. The van der Waals surface area contributed by atoms with Gasteiger partial charge in [0.2, 0.25) is 10.0 Å². The molecule has 216 valence electrons. The highest BCUT2D eigenvalue weighted by molar-refractivity contribution is 7.89. The van der Waals surface area contributed by atoms with Crippen molar-refractivity contribution in [1.82, 2.24) is 0 Å². The zero-order chi connectivity index (χ0) is 29.4. The van der Waals surface area contributed by atoms with Crippen LogP contribution in [0.1, 0.15) is 43.9 Å². The summed E-state index contributed by atoms with van der Waals surface area (Å²) in [5.74, 6) is -1.46. The van der Waals surface area contributed by atoms with Crippen LogP contribution >= 0.6 is 0 Å². The second-order valence-corrected chi connectivity index (χ2v) is 9.78. The molecule has 0 amide bonds. The Bertz CT molecular complexity index is 1250. The van der Waals surface area contributed by atoms with Crippen molar-refractivity contribution in [2.24, 2.45) is 20.9 Å². The maximum absolute atomic E-state index is 14.6. The first-order valence-electron chi connectivity index (χ1n) is 12.6. The number of halogens is 1. The number of nitrogens with two attached hydrogens (primary N) is 2. The molecule has 2 aromatic carbocycles. The fourth-order valence-electron chi connectivity index (χ4n) is 3.07. The van der Waals surface area contributed by atoms with Crippen molar-refractivity contribution in [3.63, 3.8) is 0 Å². The van der Waals surface area contributed by atoms with Gasteiger partial charge in [-0.1, -0.05) is 44.5 Å². The number of hydrogen-bond acceptors (Lipinski definition) is 7. The summed E-state index contributed by atoms with van der Waals surface area (Å²) >= 11 is 0. The van der Waals surface area contributed by atoms with Gasteiger partial charge in [0.1, 0.15) is 36.4 Å². The minimum atomic E-state index is -4.08. The third-order valence-corrected chi connectivity index (χ3v) is 5.86. The van der Waals surface area contributed by atoms with Gasteiger partial charge in [-0.05, 0) is 49.6 Å². The second-order valence-electron chi connectivity index (χ2n) is 8.22. The average Bonchev–Trinajstić information content (AvgIpc) is 2.88. The zero-order valence-electron chi connectivity index (χ0n) is 23.2. The molecular formula is C27H39FN4O6S. The number of nitrogens with zero attached hydrogens (tertiary/aromatic N) is 2. The normalized spacial score (nSPS) is 12.1. The van der Waals surface area contributed by atoms with E-state index in [0.29, 0.717) is 13.2 Å². The van der Waals surface area contributed by atoms with E-state index in [1.807, 2.05) is 52.8 Å². The summed E-state index contributed by atoms with van der Waals surface area (Å²) < 4.78 is 53.2. The highest BCUT2D eigenvalue weighted by Gasteiger charge is 2.13. The van der Waals surface area contributed by atoms with Gasteiger partial charge in [0.15, 0.2) is 0 Å². The predicted molar refractivity (Wildman–Crippen MR) is 150 cm³/mol. The van der Waals surface area contributed by atoms with Crippen LogP contribution in [0.15, 0.2) is 51.3 Å². The smallest absolute Gasteiger partial charge is 0.332 e. The number of rotatable bonds is 13. The van der Waals surface area contributed by atoms with Crippen LogP contribution in [0, 0.1) is 19.7 Å². The molecule has 12 heteroatoms. The van der Waals surface area contributed by atoms with Crippen molar-refractivity contribution >= 4 is 33.4 Å². The van der Waals surface area contributed by atoms with Crippen molar-refractivity contribution in [1.29, 1.82) is 0 Å². The summed E-state index contributed by atoms with van der Waals surface area (Å²) in [6.07, 6.45) is 1.09. The van der Waals surface area contributed by atoms with Gasteiger partial charge in [0.25, 0.3) is 0 Å². The Morgan fingerprint density at radius 2 is 1.69 bits per heavy atom. The van der Waals surface area contributed by atoms with E-state index in [4.69, 9.17) is 25.1 Å². The SMILES string of the molecule is CC.CCCOCCOCC(=O)OCC(N)=NC(Cc1cc(C)ccc1C)=Nc1ccc(S(N)(=O)=O)cc1F. The van der Waals surface area contributed by atoms with Crippen molar-refractivity contribution in [2.45, 2.75) is 52.4 Å². The summed E-state index contributed by atoms with van der Waals surface area (Å²) in [7, 11) is -4.08. The zero-order valence-corrected chi connectivity index (χ0v) is 24.0. The van der Waals surface area contributed by atoms with Gasteiger partial charge in [0, 0.05) is 13.0 Å². The van der Waals surface area contributed by atoms with E-state index in [2.05, 4.69) is 9.98 Å². The molecule has 0 unspecified atom stereocenters. The molecule has 0 bridgehead atoms. The van der Waals surface area contributed by atoms with Crippen LogP contribution < -0.4 is 10.9 Å². The Kier molecular flexibility index (Phi) is 15.1. The van der Waals surface area contributed by atoms with E-state index in [1.54, 1.807) is 0 Å². The van der Waals surface area contributed by atoms with Crippen molar-refractivity contribution in [2.75, 3.05) is 33.0 Å². The van der Waals surface area contributed by atoms with Gasteiger partial charge < -0.3 is 19.9 Å². The number of hydrogen-bond donors (Lipinski definition) is 2. The lowest BCUT2D eigenvalue weighted by Crippen LogP contribution is -2.25. The molecule has 0 aliphatic heterocycles. The summed E-state index contributed by atoms with van der Waals surface area (Å²) in [4.78, 5) is 20.0. The van der Waals surface area contributed by atoms with E-state index >= 15 is 0 Å². The van der Waals surface area contributed by atoms with Crippen LogP contribution in [0.5, 0.6) is 0 Å². The van der Waals surface area contributed by atoms with Crippen LogP contribution in [0.3, 0.4) is 0 Å². The highest BCUT2D eigenvalue weighted by atomic mass is 32.2. The molecule has 0 radical (unpaired) electrons. The van der Waals surface area contributed by atoms with Gasteiger partial charge in [0.05, 0.1) is 18.1 Å². The first-order valence-corrected chi connectivity index (χ1v) is 14.1. The number of ether oxygens (including phenoxy) is 3. The molecule has 39 heavy (non-hydrogen) atoms. The third-order valence-electron chi connectivity index (χ3n) is 4.94. The van der Waals surface area contributed by atoms with Crippen LogP contribution in [0.2, 0.25) is 0 Å². The fraction of sp³-hybridized carbons (Fsp3) is 0.444. The Morgan fingerprint density at radius 1 is 1.00 bits per heavy atom. The molecule has 2 aromatic rings. The Morgan fingerprint density at radius 3 is 2.33 bits per heavy atom. The molecule has 0 aliphatic carbocycles. The van der Waals surface area contributed by atoms with Gasteiger partial charge in [-0.25, -0.2) is 32.7 Å². The van der Waals surface area contributed by atoms with Gasteiger partial charge in [-0.3, -0.25) is 0 Å². The molecule has 0 atom stereocenters. The lowest BCUT2D eigenvalue weighted by atomic mass is 10.0. The Balaban J connectivity index is 0.00000371. The lowest BCUT2D eigenvalue weighted by molar-refractivity contribution is -0.147. The minimum Gasteiger partial charge on any atom is -0.456 e. The predicted octanol–water partition coefficient (Wildman–Crippen LogP) is 3.73. The fourth-order valence-corrected chi connectivity index (χ4v) is 3.60. The van der Waals surface area contributed by atoms with Gasteiger partial charge >= 0.3 is 5.97 Å². The van der Waals surface area contributed by atoms with E-state index in [0.717, 1.165) is 35.2 Å². The average molecular weight is 567 g/mol. The van der Waals surface area contributed by atoms with Crippen molar-refractivity contribution in [3.8, 4) is 0 Å². The number of primary sulfonamides is 1. The molecule has 0 saturated carbocycles. The van der Waals surface area contributed by atoms with E-state index < -0.39 is 21.8 Å². The third kappa shape index (κ3) is 12.9. The lowest BCUT2D eigenvalue weighted by Gasteiger charge is -2.10. The number of aliphatic imine (C=N–C) groups is 2. The van der Waals surface area contributed by atoms with E-state index in [9.17, 15) is 17.6 Å². The number of carbonyl (C=O) groups excluding carboxylic acids is 1. The number of sulfonamides is 1. The summed E-state index contributed by atoms with van der Waals surface area (Å²) in [6, 6.07) is 8.95. The largest absolute Gasteiger partial charge is 0.456 e. The number of aryl methyl sites for hydroxylation is 2. The molecular weight excluding hydrogens is 527 g/mol. The topological polar surface area (TPSA) is 156 Å². The summed E-state index contributed by atoms with van der Waals surface area (Å²) in [5, 5.41) is 5.07. The molecule has 0 heterocycles. The molecule has 0 aromatic heterocycles. The number of amidine groups is 2. The molecule has 0 saturated heterocycles.